The topological polar surface area (TPSA) is 110 Å². The fourth-order valence-corrected chi connectivity index (χ4v) is 6.07. The van der Waals surface area contributed by atoms with Gasteiger partial charge in [0.05, 0.1) is 12.3 Å². The lowest BCUT2D eigenvalue weighted by Crippen LogP contribution is -2.52. The van der Waals surface area contributed by atoms with Crippen molar-refractivity contribution in [1.29, 1.82) is 0 Å². The number of aliphatic imine (C=N–C) groups is 1. The molecule has 0 fully saturated rings. The van der Waals surface area contributed by atoms with E-state index in [0.717, 1.165) is 6.07 Å². The minimum Gasteiger partial charge on any atom is -0.460 e. The van der Waals surface area contributed by atoms with E-state index in [2.05, 4.69) is 14.3 Å². The average Bonchev–Trinajstić information content (AvgIpc) is 2.83. The molecule has 8 nitrogen and oxygen atoms in total. The lowest BCUT2D eigenvalue weighted by molar-refractivity contribution is -0.153. The molecule has 0 aliphatic carbocycles. The van der Waals surface area contributed by atoms with Crippen LogP contribution in [0.1, 0.15) is 45.7 Å². The molecule has 0 saturated carbocycles. The summed E-state index contributed by atoms with van der Waals surface area (Å²) >= 11 is 0. The molecule has 2 aliphatic heterocycles. The number of halogens is 2. The number of rotatable bonds is 4. The number of carbonyl (C=O) groups is 1. The van der Waals surface area contributed by atoms with Gasteiger partial charge in [0.15, 0.2) is 0 Å². The van der Waals surface area contributed by atoms with Crippen molar-refractivity contribution in [2.45, 2.75) is 51.2 Å². The van der Waals surface area contributed by atoms with Crippen LogP contribution < -0.4 is 5.73 Å². The number of amidine groups is 1. The third kappa shape index (κ3) is 4.55. The van der Waals surface area contributed by atoms with Crippen LogP contribution in [-0.4, -0.2) is 56.4 Å². The molecule has 3 heterocycles. The zero-order chi connectivity index (χ0) is 22.2. The standard InChI is InChI=1S/C19H27F2N5O3S/c1-18(2,3)29-16(27)10-15-25-19(11-20,17-13(21)6-7-14(22)24-17)12-30(28)23-8-4-5-9-26(15)30/h6-7H,4-5,8-12H2,1-3H3,(H2,22,24)/t19-,30+/m0/s1. The number of aromatic nitrogens is 1. The molecule has 0 bridgehead atoms. The molecule has 2 aliphatic rings. The second-order valence-corrected chi connectivity index (χ2v) is 10.6. The van der Waals surface area contributed by atoms with Crippen molar-refractivity contribution in [2.75, 3.05) is 31.3 Å². The molecule has 0 saturated heterocycles. The molecule has 0 radical (unpaired) electrons. The van der Waals surface area contributed by atoms with E-state index in [1.165, 1.54) is 10.4 Å². The highest BCUT2D eigenvalue weighted by molar-refractivity contribution is 7.92. The van der Waals surface area contributed by atoms with Gasteiger partial charge in [0.1, 0.15) is 57.3 Å². The fraction of sp³-hybridized carbons (Fsp3) is 0.632. The molecular formula is C19H27F2N5O3S. The van der Waals surface area contributed by atoms with Crippen molar-refractivity contribution in [3.8, 4) is 0 Å². The SMILES string of the molecule is CC(C)(C)OC(=O)CC1=N[C@](CF)(c2nc(N)ccc2F)C[S@@]2(=O)=NCCCCN12. The smallest absolute Gasteiger partial charge is 0.313 e. The summed E-state index contributed by atoms with van der Waals surface area (Å²) in [4.78, 5) is 20.9. The predicted molar refractivity (Wildman–Crippen MR) is 110 cm³/mol. The zero-order valence-electron chi connectivity index (χ0n) is 17.4. The first-order chi connectivity index (χ1) is 14.0. The molecule has 2 N–H and O–H groups in total. The Hall–Kier alpha value is -2.30. The number of alkyl halides is 1. The summed E-state index contributed by atoms with van der Waals surface area (Å²) in [6, 6.07) is 2.32. The summed E-state index contributed by atoms with van der Waals surface area (Å²) in [5, 5.41) is 0. The maximum absolute atomic E-state index is 14.6. The van der Waals surface area contributed by atoms with Gasteiger partial charge >= 0.3 is 5.97 Å². The Morgan fingerprint density at radius 3 is 2.77 bits per heavy atom. The van der Waals surface area contributed by atoms with Gasteiger partial charge in [-0.05, 0) is 45.7 Å². The fourth-order valence-electron chi connectivity index (χ4n) is 3.52. The second kappa shape index (κ2) is 8.09. The third-order valence-electron chi connectivity index (χ3n) is 4.72. The monoisotopic (exact) mass is 443 g/mol. The number of anilines is 1. The maximum Gasteiger partial charge on any atom is 0.313 e. The first kappa shape index (κ1) is 22.4. The van der Waals surface area contributed by atoms with Crippen LogP contribution in [0.3, 0.4) is 0 Å². The number of carbonyl (C=O) groups excluding carboxylic acids is 1. The van der Waals surface area contributed by atoms with Gasteiger partial charge < -0.3 is 10.5 Å². The summed E-state index contributed by atoms with van der Waals surface area (Å²) in [6.45, 7) is 4.66. The molecule has 0 aromatic carbocycles. The molecule has 1 aromatic heterocycles. The Morgan fingerprint density at radius 1 is 1.37 bits per heavy atom. The summed E-state index contributed by atoms with van der Waals surface area (Å²) in [5.41, 5.74) is 2.72. The van der Waals surface area contributed by atoms with Gasteiger partial charge in [0.25, 0.3) is 0 Å². The van der Waals surface area contributed by atoms with Crippen molar-refractivity contribution in [3.63, 3.8) is 0 Å². The van der Waals surface area contributed by atoms with Crippen LogP contribution in [0.25, 0.3) is 0 Å². The highest BCUT2D eigenvalue weighted by Crippen LogP contribution is 2.37. The van der Waals surface area contributed by atoms with E-state index in [-0.39, 0.29) is 29.5 Å². The van der Waals surface area contributed by atoms with Crippen LogP contribution in [0.5, 0.6) is 0 Å². The largest absolute Gasteiger partial charge is 0.460 e. The molecule has 0 unspecified atom stereocenters. The molecule has 166 valence electrons. The van der Waals surface area contributed by atoms with Gasteiger partial charge in [-0.2, -0.15) is 0 Å². The van der Waals surface area contributed by atoms with E-state index in [9.17, 15) is 17.8 Å². The van der Waals surface area contributed by atoms with Crippen LogP contribution in [0.15, 0.2) is 21.5 Å². The van der Waals surface area contributed by atoms with Gasteiger partial charge in [0, 0.05) is 6.54 Å². The summed E-state index contributed by atoms with van der Waals surface area (Å²) < 4.78 is 54.1. The number of ether oxygens (including phenoxy) is 1. The molecule has 2 atom stereocenters. The number of hydrogen-bond donors (Lipinski definition) is 1. The van der Waals surface area contributed by atoms with Gasteiger partial charge in [-0.25, -0.2) is 22.3 Å². The minimum atomic E-state index is -3.17. The van der Waals surface area contributed by atoms with Crippen LogP contribution >= 0.6 is 0 Å². The van der Waals surface area contributed by atoms with Crippen LogP contribution in [0.4, 0.5) is 14.6 Å². The molecular weight excluding hydrogens is 416 g/mol. The zero-order valence-corrected chi connectivity index (χ0v) is 18.2. The molecule has 3 rings (SSSR count). The number of hydrogen-bond acceptors (Lipinski definition) is 7. The number of pyridine rings is 1. The molecule has 30 heavy (non-hydrogen) atoms. The predicted octanol–water partition coefficient (Wildman–Crippen LogP) is 2.59. The highest BCUT2D eigenvalue weighted by Gasteiger charge is 2.47. The number of nitrogen functional groups attached to an aromatic ring is 1. The van der Waals surface area contributed by atoms with Crippen molar-refractivity contribution >= 4 is 27.5 Å². The number of fused-ring (bicyclic) bond motifs is 1. The van der Waals surface area contributed by atoms with Crippen molar-refractivity contribution in [2.24, 2.45) is 9.36 Å². The van der Waals surface area contributed by atoms with Gasteiger partial charge in [-0.3, -0.25) is 14.1 Å². The number of nitrogens with zero attached hydrogens (tertiary/aromatic N) is 4. The van der Waals surface area contributed by atoms with E-state index >= 15 is 0 Å². The highest BCUT2D eigenvalue weighted by atomic mass is 32.2. The van der Waals surface area contributed by atoms with Crippen LogP contribution in [0, 0.1) is 5.82 Å². The molecule has 1 aromatic rings. The van der Waals surface area contributed by atoms with Crippen LogP contribution in [0.2, 0.25) is 0 Å². The first-order valence-electron chi connectivity index (χ1n) is 9.75. The average molecular weight is 444 g/mol. The summed E-state index contributed by atoms with van der Waals surface area (Å²) in [7, 11) is -3.17. The number of nitrogens with two attached hydrogens (primary N) is 1. The van der Waals surface area contributed by atoms with Crippen molar-refractivity contribution in [3.05, 3.63) is 23.6 Å². The van der Waals surface area contributed by atoms with Crippen LogP contribution in [-0.2, 0) is 25.0 Å². The summed E-state index contributed by atoms with van der Waals surface area (Å²) in [5.74, 6) is -1.75. The van der Waals surface area contributed by atoms with Gasteiger partial charge in [-0.1, -0.05) is 0 Å². The van der Waals surface area contributed by atoms with Crippen molar-refractivity contribution in [1.82, 2.24) is 9.29 Å². The van der Waals surface area contributed by atoms with Crippen molar-refractivity contribution < 1.29 is 22.5 Å². The molecule has 0 amide bonds. The Balaban J connectivity index is 2.15. The van der Waals surface area contributed by atoms with E-state index in [1.807, 2.05) is 0 Å². The maximum atomic E-state index is 14.6. The quantitative estimate of drug-likeness (QED) is 0.719. The number of esters is 1. The van der Waals surface area contributed by atoms with E-state index in [0.29, 0.717) is 25.9 Å². The summed E-state index contributed by atoms with van der Waals surface area (Å²) in [6.07, 6.45) is 1.04. The molecule has 0 spiro atoms. The lowest BCUT2D eigenvalue weighted by atomic mass is 9.98. The minimum absolute atomic E-state index is 0.0155. The van der Waals surface area contributed by atoms with E-state index in [4.69, 9.17) is 10.5 Å². The Bertz CT molecular complexity index is 985. The Morgan fingerprint density at radius 2 is 2.10 bits per heavy atom. The normalized spacial score (nSPS) is 26.8. The van der Waals surface area contributed by atoms with Gasteiger partial charge in [-0.15, -0.1) is 0 Å². The third-order valence-corrected chi connectivity index (χ3v) is 7.24. The van der Waals surface area contributed by atoms with Gasteiger partial charge in [0.2, 0.25) is 0 Å². The van der Waals surface area contributed by atoms with E-state index in [1.54, 1.807) is 20.8 Å². The Kier molecular flexibility index (Phi) is 6.03. The van der Waals surface area contributed by atoms with E-state index < -0.39 is 39.5 Å². The molecule has 11 heteroatoms. The first-order valence-corrected chi connectivity index (χ1v) is 11.4. The lowest BCUT2D eigenvalue weighted by Gasteiger charge is -2.39. The Labute approximate surface area is 175 Å². The second-order valence-electron chi connectivity index (χ2n) is 8.44.